The number of quaternary nitrogens is 1. The predicted octanol–water partition coefficient (Wildman–Crippen LogP) is -1.16. The average Bonchev–Trinajstić information content (AvgIpc) is 2.47. The summed E-state index contributed by atoms with van der Waals surface area (Å²) in [6.45, 7) is 0.0666. The van der Waals surface area contributed by atoms with Crippen LogP contribution in [0.3, 0.4) is 0 Å². The van der Waals surface area contributed by atoms with Crippen molar-refractivity contribution in [2.24, 2.45) is 0 Å². The number of rotatable bonds is 2. The van der Waals surface area contributed by atoms with Crippen molar-refractivity contribution >= 4 is 19.1 Å². The molecule has 17 heavy (non-hydrogen) atoms. The van der Waals surface area contributed by atoms with Gasteiger partial charge in [-0.05, 0) is 0 Å². The molecule has 1 unspecified atom stereocenters. The van der Waals surface area contributed by atoms with Crippen molar-refractivity contribution in [2.45, 2.75) is 6.04 Å². The van der Waals surface area contributed by atoms with E-state index in [-0.39, 0.29) is 19.1 Å². The lowest BCUT2D eigenvalue weighted by atomic mass is 10.3. The molecule has 0 saturated carbocycles. The van der Waals surface area contributed by atoms with Crippen LogP contribution in [0, 0.1) is 0 Å². The van der Waals surface area contributed by atoms with Crippen LogP contribution in [0.1, 0.15) is 0 Å². The van der Waals surface area contributed by atoms with Crippen molar-refractivity contribution in [3.05, 3.63) is 0 Å². The molecule has 100 valence electrons. The zero-order valence-electron chi connectivity index (χ0n) is 8.87. The van der Waals surface area contributed by atoms with E-state index >= 15 is 0 Å². The third kappa shape index (κ3) is 7.52. The number of hydrogen-bond acceptors (Lipinski definition) is 4. The Balaban J connectivity index is 0.000000437. The molecular weight excluding hydrogens is 251 g/mol. The molecule has 1 aliphatic heterocycles. The summed E-state index contributed by atoms with van der Waals surface area (Å²) in [6, 6.07) is -0.408. The third-order valence-corrected chi connectivity index (χ3v) is 1.53. The molecular formula is C6H11BF4N2O4. The Hall–Kier alpha value is -1.36. The Morgan fingerprint density at radius 1 is 1.59 bits per heavy atom. The van der Waals surface area contributed by atoms with Gasteiger partial charge in [0.2, 0.25) is 0 Å². The van der Waals surface area contributed by atoms with E-state index < -0.39 is 19.3 Å². The Labute approximate surface area is 93.7 Å². The second-order valence-corrected chi connectivity index (χ2v) is 2.94. The molecule has 1 atom stereocenters. The molecule has 0 aliphatic carbocycles. The summed E-state index contributed by atoms with van der Waals surface area (Å²) < 4.78 is 43.4. The monoisotopic (exact) mass is 262 g/mol. The fourth-order valence-corrected chi connectivity index (χ4v) is 0.824. The van der Waals surface area contributed by atoms with Gasteiger partial charge in [-0.15, -0.1) is 0 Å². The Morgan fingerprint density at radius 2 is 2.06 bits per heavy atom. The number of hydroxylamine groups is 2. The highest BCUT2D eigenvalue weighted by Crippen LogP contribution is 2.06. The summed E-state index contributed by atoms with van der Waals surface area (Å²) in [7, 11) is -4.75. The molecule has 0 aromatic carbocycles. The van der Waals surface area contributed by atoms with E-state index in [1.807, 2.05) is 0 Å². The number of esters is 1. The summed E-state index contributed by atoms with van der Waals surface area (Å²) in [6.07, 6.45) is 0. The number of hydrogen-bond donors (Lipinski definition) is 1. The number of amides is 1. The Morgan fingerprint density at radius 3 is 2.35 bits per heavy atom. The van der Waals surface area contributed by atoms with E-state index in [0.29, 0.717) is 0 Å². The van der Waals surface area contributed by atoms with E-state index in [2.05, 4.69) is 10.5 Å². The zero-order valence-corrected chi connectivity index (χ0v) is 8.87. The van der Waals surface area contributed by atoms with Gasteiger partial charge in [-0.3, -0.25) is 14.4 Å². The maximum Gasteiger partial charge on any atom is 0.673 e. The first-order valence-corrected chi connectivity index (χ1v) is 4.36. The van der Waals surface area contributed by atoms with Gasteiger partial charge in [-0.1, -0.05) is 0 Å². The van der Waals surface area contributed by atoms with E-state index in [0.717, 1.165) is 5.06 Å². The molecule has 0 radical (unpaired) electrons. The average molecular weight is 262 g/mol. The van der Waals surface area contributed by atoms with E-state index in [9.17, 15) is 26.9 Å². The smallest absolute Gasteiger partial charge is 0.468 e. The summed E-state index contributed by atoms with van der Waals surface area (Å²) in [5.41, 5.74) is 3.53. The lowest BCUT2D eigenvalue weighted by Crippen LogP contribution is -2.65. The molecule has 1 rings (SSSR count). The van der Waals surface area contributed by atoms with Gasteiger partial charge >= 0.3 is 19.1 Å². The topological polar surface area (TPSA) is 83.5 Å². The molecule has 1 fully saturated rings. The molecule has 0 aromatic heterocycles. The quantitative estimate of drug-likeness (QED) is 0.386. The highest BCUT2D eigenvalue weighted by molar-refractivity contribution is 6.50. The van der Waals surface area contributed by atoms with Crippen LogP contribution >= 0.6 is 0 Å². The molecule has 1 amide bonds. The maximum absolute atomic E-state index is 11.1. The highest BCUT2D eigenvalue weighted by atomic mass is 19.5. The summed E-state index contributed by atoms with van der Waals surface area (Å²) >= 11 is 0. The van der Waals surface area contributed by atoms with E-state index in [1.54, 1.807) is 0 Å². The molecule has 11 heteroatoms. The van der Waals surface area contributed by atoms with Gasteiger partial charge < -0.3 is 27.7 Å². The number of ether oxygens (including phenoxy) is 1. The minimum Gasteiger partial charge on any atom is -0.468 e. The first kappa shape index (κ1) is 15.6. The van der Waals surface area contributed by atoms with Gasteiger partial charge in [0, 0.05) is 0 Å². The molecule has 0 aromatic rings. The SMILES string of the molecule is COC(=O)CN1OCC([NH3+])C1=O.F[B-](F)(F)F. The lowest BCUT2D eigenvalue weighted by molar-refractivity contribution is -0.402. The van der Waals surface area contributed by atoms with Gasteiger partial charge in [-0.2, -0.15) is 0 Å². The zero-order chi connectivity index (χ0) is 13.6. The largest absolute Gasteiger partial charge is 0.673 e. The third-order valence-electron chi connectivity index (χ3n) is 1.53. The van der Waals surface area contributed by atoms with Crippen molar-refractivity contribution in [3.63, 3.8) is 0 Å². The first-order valence-electron chi connectivity index (χ1n) is 4.36. The Bertz CT molecular complexity index is 282. The van der Waals surface area contributed by atoms with Crippen molar-refractivity contribution in [3.8, 4) is 0 Å². The van der Waals surface area contributed by atoms with Crippen LogP contribution in [0.15, 0.2) is 0 Å². The van der Waals surface area contributed by atoms with Crippen LogP contribution in [0.2, 0.25) is 0 Å². The highest BCUT2D eigenvalue weighted by Gasteiger charge is 2.34. The van der Waals surface area contributed by atoms with Gasteiger partial charge in [0.1, 0.15) is 13.2 Å². The van der Waals surface area contributed by atoms with Gasteiger partial charge in [0.15, 0.2) is 6.04 Å². The van der Waals surface area contributed by atoms with Gasteiger partial charge in [0.25, 0.3) is 0 Å². The van der Waals surface area contributed by atoms with Crippen molar-refractivity contribution in [2.75, 3.05) is 20.3 Å². The number of methoxy groups -OCH3 is 1. The number of carbonyl (C=O) groups excluding carboxylic acids is 2. The van der Waals surface area contributed by atoms with E-state index in [1.165, 1.54) is 7.11 Å². The molecule has 6 nitrogen and oxygen atoms in total. The first-order chi connectivity index (χ1) is 7.65. The Kier molecular flexibility index (Phi) is 5.89. The summed E-state index contributed by atoms with van der Waals surface area (Å²) in [4.78, 5) is 26.7. The van der Waals surface area contributed by atoms with Gasteiger partial charge in [0.05, 0.1) is 7.11 Å². The van der Waals surface area contributed by atoms with Crippen LogP contribution in [0.5, 0.6) is 0 Å². The van der Waals surface area contributed by atoms with E-state index in [4.69, 9.17) is 4.84 Å². The van der Waals surface area contributed by atoms with Crippen LogP contribution in [0.25, 0.3) is 0 Å². The maximum atomic E-state index is 11.1. The van der Waals surface area contributed by atoms with Crippen molar-refractivity contribution < 1.29 is 42.2 Å². The molecule has 3 N–H and O–H groups in total. The van der Waals surface area contributed by atoms with Gasteiger partial charge in [-0.25, -0.2) is 5.06 Å². The molecule has 0 spiro atoms. The molecule has 1 aliphatic rings. The second kappa shape index (κ2) is 6.40. The fourth-order valence-electron chi connectivity index (χ4n) is 0.824. The van der Waals surface area contributed by atoms with Crippen LogP contribution in [-0.4, -0.2) is 50.5 Å². The fraction of sp³-hybridized carbons (Fsp3) is 0.667. The van der Waals surface area contributed by atoms with Crippen molar-refractivity contribution in [1.29, 1.82) is 0 Å². The van der Waals surface area contributed by atoms with Crippen LogP contribution in [0.4, 0.5) is 17.3 Å². The molecule has 1 saturated heterocycles. The minimum absolute atomic E-state index is 0.165. The van der Waals surface area contributed by atoms with Crippen molar-refractivity contribution in [1.82, 2.24) is 5.06 Å². The molecule has 0 bridgehead atoms. The van der Waals surface area contributed by atoms with Crippen LogP contribution < -0.4 is 5.73 Å². The second-order valence-electron chi connectivity index (χ2n) is 2.94. The molecule has 1 heterocycles. The predicted molar refractivity (Wildman–Crippen MR) is 46.5 cm³/mol. The number of halogens is 4. The normalized spacial score (nSPS) is 19.8. The minimum atomic E-state index is -6.00. The lowest BCUT2D eigenvalue weighted by Gasteiger charge is -2.10. The number of nitrogens with zero attached hydrogens (tertiary/aromatic N) is 1. The van der Waals surface area contributed by atoms with Crippen LogP contribution in [-0.2, 0) is 19.2 Å². The number of carbonyl (C=O) groups is 2. The standard InChI is InChI=1S/C6H10N2O4.BF4/c1-11-5(9)2-8-6(10)4(7)3-12-8;2-1(3,4)5/h4H,2-3,7H2,1H3;/q;-1/p+1. The summed E-state index contributed by atoms with van der Waals surface area (Å²) in [5, 5.41) is 0.976. The summed E-state index contributed by atoms with van der Waals surface area (Å²) in [5.74, 6) is -0.780.